The van der Waals surface area contributed by atoms with Crippen LogP contribution >= 0.6 is 0 Å². The fourth-order valence-electron chi connectivity index (χ4n) is 5.34. The Hall–Kier alpha value is -1.07. The minimum atomic E-state index is -1.05. The van der Waals surface area contributed by atoms with Gasteiger partial charge in [0, 0.05) is 0 Å². The van der Waals surface area contributed by atoms with E-state index in [0.717, 1.165) is 12.8 Å². The van der Waals surface area contributed by atoms with Gasteiger partial charge in [-0.15, -0.1) is 0 Å². The van der Waals surface area contributed by atoms with Gasteiger partial charge in [0.05, 0.1) is 18.8 Å². The molecule has 0 aliphatic carbocycles. The number of carboxylic acid groups (broad SMARTS) is 1. The van der Waals surface area contributed by atoms with Crippen LogP contribution < -0.4 is 0 Å². The second kappa shape index (κ2) is 20.9. The van der Waals surface area contributed by atoms with E-state index in [1.807, 2.05) is 6.08 Å². The summed E-state index contributed by atoms with van der Waals surface area (Å²) in [5.41, 5.74) is -0.891. The van der Waals surface area contributed by atoms with Gasteiger partial charge in [-0.25, -0.2) is 4.79 Å². The lowest BCUT2D eigenvalue weighted by Gasteiger charge is -2.32. The minimum Gasteiger partial charge on any atom is -0.465 e. The van der Waals surface area contributed by atoms with Crippen LogP contribution in [0, 0.1) is 0 Å². The van der Waals surface area contributed by atoms with Gasteiger partial charge in [-0.1, -0.05) is 141 Å². The maximum atomic E-state index is 11.5. The van der Waals surface area contributed by atoms with Crippen LogP contribution in [-0.2, 0) is 4.74 Å². The highest BCUT2D eigenvalue weighted by molar-refractivity contribution is 5.67. The fourth-order valence-corrected chi connectivity index (χ4v) is 5.34. The quantitative estimate of drug-likeness (QED) is 0.106. The van der Waals surface area contributed by atoms with Crippen LogP contribution in [0.5, 0.6) is 0 Å². The number of unbranched alkanes of at least 4 members (excludes halogenated alkanes) is 20. The topological polar surface area (TPSA) is 70.0 Å². The van der Waals surface area contributed by atoms with Crippen LogP contribution in [0.2, 0.25) is 0 Å². The molecule has 36 heavy (non-hydrogen) atoms. The van der Waals surface area contributed by atoms with Crippen LogP contribution in [0.4, 0.5) is 4.79 Å². The second-order valence-electron chi connectivity index (χ2n) is 11.4. The van der Waals surface area contributed by atoms with E-state index >= 15 is 0 Å². The van der Waals surface area contributed by atoms with E-state index in [2.05, 4.69) is 6.92 Å². The van der Waals surface area contributed by atoms with Gasteiger partial charge in [0.15, 0.2) is 0 Å². The molecule has 1 amide bonds. The molecule has 1 saturated heterocycles. The SMILES string of the molecule is CCCCCCCCCCCCCCCCCCCCCC/C=C/[C@@H](O)[C@@H]1COC(C)(C)N1C(=O)O. The highest BCUT2D eigenvalue weighted by atomic mass is 16.5. The Bertz CT molecular complexity index is 563. The molecule has 5 nitrogen and oxygen atoms in total. The van der Waals surface area contributed by atoms with Crippen LogP contribution in [-0.4, -0.2) is 45.7 Å². The lowest BCUT2D eigenvalue weighted by Crippen LogP contribution is -2.50. The monoisotopic (exact) mass is 509 g/mol. The smallest absolute Gasteiger partial charge is 0.410 e. The Morgan fingerprint density at radius 2 is 1.19 bits per heavy atom. The molecule has 2 N–H and O–H groups in total. The number of amides is 1. The molecule has 1 fully saturated rings. The largest absolute Gasteiger partial charge is 0.465 e. The standard InChI is InChI=1S/C31H59NO4/c1-4-5-6-7-8-9-10-11-12-13-14-15-16-17-18-19-20-21-22-23-24-25-26-29(33)28-27-36-31(2,3)32(28)30(34)35/h25-26,28-29,33H,4-24,27H2,1-3H3,(H,34,35)/b26-25+/t28-,29+/m0/s1. The van der Waals surface area contributed by atoms with Crippen molar-refractivity contribution in [3.63, 3.8) is 0 Å². The third-order valence-electron chi connectivity index (χ3n) is 7.68. The van der Waals surface area contributed by atoms with E-state index in [0.29, 0.717) is 0 Å². The molecule has 0 bridgehead atoms. The Morgan fingerprint density at radius 1 is 0.806 bits per heavy atom. The number of aliphatic hydroxyl groups is 1. The van der Waals surface area contributed by atoms with Gasteiger partial charge in [-0.05, 0) is 26.7 Å². The fraction of sp³-hybridized carbons (Fsp3) is 0.903. The van der Waals surface area contributed by atoms with Crippen LogP contribution in [0.1, 0.15) is 156 Å². The number of allylic oxidation sites excluding steroid dienone is 1. The summed E-state index contributed by atoms with van der Waals surface area (Å²) >= 11 is 0. The summed E-state index contributed by atoms with van der Waals surface area (Å²) in [6.45, 7) is 5.95. The highest BCUT2D eigenvalue weighted by Gasteiger charge is 2.46. The van der Waals surface area contributed by atoms with Crippen LogP contribution in [0.25, 0.3) is 0 Å². The third-order valence-corrected chi connectivity index (χ3v) is 7.68. The van der Waals surface area contributed by atoms with E-state index in [-0.39, 0.29) is 6.61 Å². The van der Waals surface area contributed by atoms with Gasteiger partial charge in [0.25, 0.3) is 0 Å². The van der Waals surface area contributed by atoms with Gasteiger partial charge in [0.2, 0.25) is 0 Å². The zero-order valence-electron chi connectivity index (χ0n) is 24.0. The predicted octanol–water partition coefficient (Wildman–Crippen LogP) is 9.23. The van der Waals surface area contributed by atoms with Crippen molar-refractivity contribution in [2.24, 2.45) is 0 Å². The number of carbonyl (C=O) groups is 1. The van der Waals surface area contributed by atoms with Crippen molar-refractivity contribution >= 4 is 6.09 Å². The van der Waals surface area contributed by atoms with Crippen molar-refractivity contribution in [3.05, 3.63) is 12.2 Å². The average molecular weight is 510 g/mol. The molecule has 0 aromatic rings. The van der Waals surface area contributed by atoms with E-state index in [1.54, 1.807) is 19.9 Å². The first-order valence-electron chi connectivity index (χ1n) is 15.4. The number of aliphatic hydroxyl groups excluding tert-OH is 1. The molecule has 1 aliphatic heterocycles. The molecule has 1 rings (SSSR count). The molecule has 212 valence electrons. The number of nitrogens with zero attached hydrogens (tertiary/aromatic N) is 1. The van der Waals surface area contributed by atoms with Crippen molar-refractivity contribution in [3.8, 4) is 0 Å². The van der Waals surface area contributed by atoms with Gasteiger partial charge in [0.1, 0.15) is 5.72 Å². The first-order valence-corrected chi connectivity index (χ1v) is 15.4. The van der Waals surface area contributed by atoms with E-state index in [9.17, 15) is 15.0 Å². The molecular formula is C31H59NO4. The Balaban J connectivity index is 1.85. The molecule has 0 aromatic heterocycles. The van der Waals surface area contributed by atoms with Gasteiger partial charge in [-0.2, -0.15) is 0 Å². The lowest BCUT2D eigenvalue weighted by molar-refractivity contribution is -0.0450. The average Bonchev–Trinajstić information content (AvgIpc) is 3.17. The molecule has 5 heteroatoms. The zero-order chi connectivity index (χ0) is 26.5. The molecule has 1 aliphatic rings. The number of hydrogen-bond donors (Lipinski definition) is 2. The van der Waals surface area contributed by atoms with Crippen molar-refractivity contribution in [1.29, 1.82) is 0 Å². The van der Waals surface area contributed by atoms with Crippen LogP contribution in [0.15, 0.2) is 12.2 Å². The third kappa shape index (κ3) is 15.2. The maximum absolute atomic E-state index is 11.5. The first-order chi connectivity index (χ1) is 17.4. The van der Waals surface area contributed by atoms with Crippen LogP contribution in [0.3, 0.4) is 0 Å². The van der Waals surface area contributed by atoms with E-state index in [1.165, 1.54) is 127 Å². The molecule has 0 saturated carbocycles. The number of rotatable bonds is 23. The van der Waals surface area contributed by atoms with Crippen molar-refractivity contribution < 1.29 is 19.7 Å². The summed E-state index contributed by atoms with van der Waals surface area (Å²) in [4.78, 5) is 12.7. The number of ether oxygens (including phenoxy) is 1. The first kappa shape index (κ1) is 33.0. The summed E-state index contributed by atoms with van der Waals surface area (Å²) < 4.78 is 5.55. The molecule has 0 spiro atoms. The molecule has 0 unspecified atom stereocenters. The van der Waals surface area contributed by atoms with E-state index < -0.39 is 24.0 Å². The Labute approximate surface area is 223 Å². The zero-order valence-corrected chi connectivity index (χ0v) is 24.0. The lowest BCUT2D eigenvalue weighted by atomic mass is 10.0. The van der Waals surface area contributed by atoms with E-state index in [4.69, 9.17) is 4.74 Å². The summed E-state index contributed by atoms with van der Waals surface area (Å²) in [6, 6.07) is -0.538. The molecule has 1 heterocycles. The molecule has 0 radical (unpaired) electrons. The Morgan fingerprint density at radius 3 is 1.58 bits per heavy atom. The molecule has 0 aromatic carbocycles. The summed E-state index contributed by atoms with van der Waals surface area (Å²) in [7, 11) is 0. The normalized spacial score (nSPS) is 18.3. The Kier molecular flexibility index (Phi) is 19.2. The van der Waals surface area contributed by atoms with Gasteiger partial charge in [-0.3, -0.25) is 4.90 Å². The highest BCUT2D eigenvalue weighted by Crippen LogP contribution is 2.29. The molecular weight excluding hydrogens is 450 g/mol. The summed E-state index contributed by atoms with van der Waals surface area (Å²) in [5, 5.41) is 19.8. The van der Waals surface area contributed by atoms with Gasteiger partial charge < -0.3 is 14.9 Å². The van der Waals surface area contributed by atoms with Crippen molar-refractivity contribution in [2.45, 2.75) is 173 Å². The summed E-state index contributed by atoms with van der Waals surface area (Å²) in [5.74, 6) is 0. The van der Waals surface area contributed by atoms with Gasteiger partial charge >= 0.3 is 6.09 Å². The van der Waals surface area contributed by atoms with Crippen molar-refractivity contribution in [2.75, 3.05) is 6.61 Å². The van der Waals surface area contributed by atoms with Crippen molar-refractivity contribution in [1.82, 2.24) is 4.90 Å². The summed E-state index contributed by atoms with van der Waals surface area (Å²) in [6.07, 6.45) is 30.4. The predicted molar refractivity (Wildman–Crippen MR) is 151 cm³/mol. The number of hydrogen-bond acceptors (Lipinski definition) is 3. The minimum absolute atomic E-state index is 0.226. The second-order valence-corrected chi connectivity index (χ2v) is 11.4. The molecule has 2 atom stereocenters. The maximum Gasteiger partial charge on any atom is 0.410 e.